The second kappa shape index (κ2) is 11.4. The molecule has 3 aromatic rings. The van der Waals surface area contributed by atoms with Gasteiger partial charge in [0.25, 0.3) is 0 Å². The summed E-state index contributed by atoms with van der Waals surface area (Å²) in [7, 11) is 1.76. The molecule has 8 heteroatoms. The number of carboxylic acids is 1. The third kappa shape index (κ3) is 4.85. The zero-order chi connectivity index (χ0) is 27.6. The number of rotatable bonds is 6. The van der Waals surface area contributed by atoms with Crippen molar-refractivity contribution in [3.63, 3.8) is 0 Å². The zero-order valence-electron chi connectivity index (χ0n) is 23.1. The van der Waals surface area contributed by atoms with Gasteiger partial charge >= 0.3 is 5.97 Å². The van der Waals surface area contributed by atoms with Crippen molar-refractivity contribution in [3.05, 3.63) is 64.7 Å². The van der Waals surface area contributed by atoms with Crippen molar-refractivity contribution in [2.45, 2.75) is 57.4 Å². The molecule has 0 unspecified atom stereocenters. The third-order valence-corrected chi connectivity index (χ3v) is 8.87. The number of amidine groups is 1. The molecule has 6 rings (SSSR count). The molecule has 40 heavy (non-hydrogen) atoms. The van der Waals surface area contributed by atoms with E-state index in [9.17, 15) is 9.90 Å². The van der Waals surface area contributed by atoms with E-state index in [2.05, 4.69) is 45.1 Å². The van der Waals surface area contributed by atoms with Crippen LogP contribution in [0.25, 0.3) is 28.2 Å². The fourth-order valence-corrected chi connectivity index (χ4v) is 6.92. The highest BCUT2D eigenvalue weighted by atomic mass is 16.5. The number of aliphatic imine (C=N–C) groups is 1. The molecular weight excluding hydrogens is 502 g/mol. The number of benzene rings is 2. The molecule has 1 aromatic heterocycles. The molecule has 2 aliphatic heterocycles. The highest BCUT2D eigenvalue weighted by Gasteiger charge is 2.31. The van der Waals surface area contributed by atoms with E-state index >= 15 is 0 Å². The smallest absolute Gasteiger partial charge is 0.335 e. The van der Waals surface area contributed by atoms with Gasteiger partial charge in [-0.25, -0.2) is 9.80 Å². The van der Waals surface area contributed by atoms with Crippen LogP contribution in [0, 0.1) is 11.4 Å². The van der Waals surface area contributed by atoms with Crippen LogP contribution in [0.4, 0.5) is 0 Å². The van der Waals surface area contributed by atoms with Crippen LogP contribution in [0.3, 0.4) is 0 Å². The Morgan fingerprint density at radius 1 is 1.10 bits per heavy atom. The van der Waals surface area contributed by atoms with Gasteiger partial charge in [0.2, 0.25) is 0 Å². The van der Waals surface area contributed by atoms with E-state index in [0.717, 1.165) is 66.5 Å². The summed E-state index contributed by atoms with van der Waals surface area (Å²) in [5, 5.41) is 16.7. The van der Waals surface area contributed by atoms with Gasteiger partial charge in [-0.15, -0.1) is 0 Å². The summed E-state index contributed by atoms with van der Waals surface area (Å²) >= 11 is 0. The predicted octanol–water partition coefficient (Wildman–Crippen LogP) is 7.15. The van der Waals surface area contributed by atoms with E-state index in [4.69, 9.17) is 10.3 Å². The minimum atomic E-state index is -0.923. The summed E-state index contributed by atoms with van der Waals surface area (Å²) in [5.74, 6) is 0.579. The van der Waals surface area contributed by atoms with E-state index in [-0.39, 0.29) is 5.56 Å². The van der Waals surface area contributed by atoms with Crippen LogP contribution in [0.1, 0.15) is 72.3 Å². The van der Waals surface area contributed by atoms with Crippen molar-refractivity contribution in [1.82, 2.24) is 9.58 Å². The zero-order valence-corrected chi connectivity index (χ0v) is 23.1. The quantitative estimate of drug-likeness (QED) is 0.150. The molecule has 0 atom stereocenters. The van der Waals surface area contributed by atoms with Crippen LogP contribution in [-0.4, -0.2) is 53.3 Å². The minimum absolute atomic E-state index is 0.290. The van der Waals surface area contributed by atoms with Gasteiger partial charge in [0.1, 0.15) is 5.84 Å². The molecule has 2 fully saturated rings. The monoisotopic (exact) mass is 539 g/mol. The first-order valence-electron chi connectivity index (χ1n) is 14.5. The number of nitrogens with one attached hydrogen (secondary N) is 1. The molecule has 1 saturated carbocycles. The number of nitrogens with zero attached hydrogens (tertiary/aromatic N) is 4. The maximum absolute atomic E-state index is 12.0. The van der Waals surface area contributed by atoms with E-state index in [1.54, 1.807) is 18.1 Å². The topological polar surface area (TPSA) is 103 Å². The van der Waals surface area contributed by atoms with Crippen molar-refractivity contribution in [3.8, 4) is 11.3 Å². The van der Waals surface area contributed by atoms with Crippen molar-refractivity contribution < 1.29 is 14.6 Å². The lowest BCUT2D eigenvalue weighted by Gasteiger charge is -2.28. The number of aromatic nitrogens is 1. The highest BCUT2D eigenvalue weighted by molar-refractivity contribution is 6.05. The molecule has 3 heterocycles. The van der Waals surface area contributed by atoms with Crippen LogP contribution >= 0.6 is 0 Å². The fraction of sp³-hybridized carbons (Fsp3) is 0.438. The number of carboxylic acid groups (broad SMARTS) is 1. The second-order valence-electron chi connectivity index (χ2n) is 11.3. The summed E-state index contributed by atoms with van der Waals surface area (Å²) in [6, 6.07) is 14.1. The standard InChI is InChI=1S/C32H37N5O3/c1-34-31(37(35-33)19-21-13-15-40-16-14-21)25-17-23-9-5-6-10-26(23)30-29(22-7-3-2-4-8-22)27-12-11-24(32(38)39)18-28(27)36(30)20-25/h5-6,9-12,17-18,21-22,33H,2-4,7-8,13-16,19-20H2,1H3,(H,38,39)/b34-31-,35-33?. The molecule has 1 aliphatic carbocycles. The predicted molar refractivity (Wildman–Crippen MR) is 157 cm³/mol. The van der Waals surface area contributed by atoms with Crippen LogP contribution in [0.2, 0.25) is 0 Å². The SMILES string of the molecule is C/N=C(/C1=Cc2ccccc2-c2c(C3CCCCC3)c3ccc(C(=O)O)cc3n2C1)N(CC1CCOCC1)N=N. The summed E-state index contributed by atoms with van der Waals surface area (Å²) in [5.41, 5.74) is 15.0. The van der Waals surface area contributed by atoms with Gasteiger partial charge in [-0.1, -0.05) is 54.8 Å². The first-order chi connectivity index (χ1) is 19.6. The molecule has 208 valence electrons. The van der Waals surface area contributed by atoms with E-state index in [1.165, 1.54) is 30.5 Å². The summed E-state index contributed by atoms with van der Waals surface area (Å²) < 4.78 is 7.85. The van der Waals surface area contributed by atoms with E-state index in [1.807, 2.05) is 12.1 Å². The molecule has 0 spiro atoms. The number of hydrogen-bond donors (Lipinski definition) is 2. The Hall–Kier alpha value is -3.78. The Morgan fingerprint density at radius 3 is 2.60 bits per heavy atom. The summed E-state index contributed by atoms with van der Waals surface area (Å²) in [6.45, 7) is 2.61. The number of carbonyl (C=O) groups is 1. The van der Waals surface area contributed by atoms with E-state index < -0.39 is 5.97 Å². The molecule has 1 saturated heterocycles. The second-order valence-corrected chi connectivity index (χ2v) is 11.3. The number of aromatic carboxylic acids is 1. The summed E-state index contributed by atoms with van der Waals surface area (Å²) in [4.78, 5) is 16.7. The Kier molecular flexibility index (Phi) is 7.52. The Labute approximate surface area is 234 Å². The maximum atomic E-state index is 12.0. The largest absolute Gasteiger partial charge is 0.478 e. The van der Waals surface area contributed by atoms with Gasteiger partial charge in [-0.05, 0) is 66.9 Å². The number of ether oxygens (including phenoxy) is 1. The number of hydrogen-bond acceptors (Lipinski definition) is 5. The van der Waals surface area contributed by atoms with Crippen LogP contribution in [0.5, 0.6) is 0 Å². The summed E-state index contributed by atoms with van der Waals surface area (Å²) in [6.07, 6.45) is 10.1. The first kappa shape index (κ1) is 26.4. The molecular formula is C32H37N5O3. The average molecular weight is 540 g/mol. The van der Waals surface area contributed by atoms with Gasteiger partial charge in [-0.3, -0.25) is 4.99 Å². The van der Waals surface area contributed by atoms with Crippen molar-refractivity contribution in [2.75, 3.05) is 26.8 Å². The highest BCUT2D eigenvalue weighted by Crippen LogP contribution is 2.46. The van der Waals surface area contributed by atoms with Crippen molar-refractivity contribution in [2.24, 2.45) is 16.1 Å². The van der Waals surface area contributed by atoms with Gasteiger partial charge in [0.15, 0.2) is 0 Å². The lowest BCUT2D eigenvalue weighted by molar-refractivity contribution is 0.0590. The van der Waals surface area contributed by atoms with Crippen LogP contribution in [0.15, 0.2) is 58.3 Å². The van der Waals surface area contributed by atoms with Crippen molar-refractivity contribution in [1.29, 1.82) is 5.53 Å². The third-order valence-electron chi connectivity index (χ3n) is 8.87. The Balaban J connectivity index is 1.52. The van der Waals surface area contributed by atoms with Gasteiger partial charge in [0.05, 0.1) is 17.8 Å². The first-order valence-corrected chi connectivity index (χ1v) is 14.5. The normalized spacial score (nSPS) is 18.5. The van der Waals surface area contributed by atoms with E-state index in [0.29, 0.717) is 30.8 Å². The lowest BCUT2D eigenvalue weighted by atomic mass is 9.81. The molecule has 8 nitrogen and oxygen atoms in total. The minimum Gasteiger partial charge on any atom is -0.478 e. The van der Waals surface area contributed by atoms with Gasteiger partial charge in [0, 0.05) is 48.8 Å². The average Bonchev–Trinajstić information content (AvgIpc) is 3.20. The Bertz CT molecular complexity index is 1490. The Morgan fingerprint density at radius 2 is 1.88 bits per heavy atom. The molecule has 0 amide bonds. The van der Waals surface area contributed by atoms with Gasteiger partial charge < -0.3 is 14.4 Å². The van der Waals surface area contributed by atoms with Crippen LogP contribution < -0.4 is 0 Å². The molecule has 2 N–H and O–H groups in total. The molecule has 0 radical (unpaired) electrons. The maximum Gasteiger partial charge on any atom is 0.335 e. The van der Waals surface area contributed by atoms with Crippen molar-refractivity contribution >= 4 is 28.8 Å². The molecule has 3 aliphatic rings. The molecule has 2 aromatic carbocycles. The lowest BCUT2D eigenvalue weighted by Crippen LogP contribution is -2.35. The fourth-order valence-electron chi connectivity index (χ4n) is 6.92. The molecule has 0 bridgehead atoms. The number of fused-ring (bicyclic) bond motifs is 5. The van der Waals surface area contributed by atoms with Crippen LogP contribution in [-0.2, 0) is 11.3 Å². The van der Waals surface area contributed by atoms with Gasteiger partial charge in [-0.2, -0.15) is 5.53 Å².